The van der Waals surface area contributed by atoms with E-state index in [1.54, 1.807) is 29.1 Å². The van der Waals surface area contributed by atoms with Gasteiger partial charge in [0.15, 0.2) is 5.82 Å². The maximum Gasteiger partial charge on any atom is 0.335 e. The van der Waals surface area contributed by atoms with Crippen LogP contribution in [0, 0.1) is 18.6 Å². The topological polar surface area (TPSA) is 101 Å². The molecular formula is C30H28ClF2N5O4. The lowest BCUT2D eigenvalue weighted by Crippen LogP contribution is -2.58. The van der Waals surface area contributed by atoms with Crippen molar-refractivity contribution in [2.75, 3.05) is 31.2 Å². The molecule has 0 atom stereocenters. The van der Waals surface area contributed by atoms with Gasteiger partial charge in [-0.3, -0.25) is 23.9 Å². The highest BCUT2D eigenvalue weighted by Crippen LogP contribution is 2.41. The first-order valence-corrected chi connectivity index (χ1v) is 13.7. The zero-order valence-electron chi connectivity index (χ0n) is 23.2. The molecule has 12 heteroatoms. The quantitative estimate of drug-likeness (QED) is 0.274. The Morgan fingerprint density at radius 2 is 1.79 bits per heavy atom. The standard InChI is InChI=1S/C30H28ClF2N5O4/c1-5-22(40)35-11-13-36(14-12-35)38-20-15-18(31)23(24-19(32)7-6-8-21(24)39)25(33)28(20)37(29(41)30(38)42)27-17(4)9-10-34-26(27)16(2)3/h5-10,15-16,39H,1,11-14H2,2-4H3. The number of hydrogen-bond acceptors (Lipinski definition) is 6. The van der Waals surface area contributed by atoms with Crippen molar-refractivity contribution >= 4 is 28.5 Å². The van der Waals surface area contributed by atoms with Crippen molar-refractivity contribution in [3.05, 3.63) is 97.8 Å². The summed E-state index contributed by atoms with van der Waals surface area (Å²) in [6.07, 6.45) is 2.75. The summed E-state index contributed by atoms with van der Waals surface area (Å²) in [5.41, 5.74) is -2.16. The first-order valence-electron chi connectivity index (χ1n) is 13.3. The molecule has 2 aromatic heterocycles. The van der Waals surface area contributed by atoms with E-state index in [0.717, 1.165) is 15.3 Å². The third kappa shape index (κ3) is 4.63. The molecular weight excluding hydrogens is 568 g/mol. The number of phenols is 1. The van der Waals surface area contributed by atoms with Gasteiger partial charge in [-0.05, 0) is 48.7 Å². The number of rotatable bonds is 5. The van der Waals surface area contributed by atoms with Crippen LogP contribution < -0.4 is 16.1 Å². The number of hydrogen-bond donors (Lipinski definition) is 1. The Kier molecular flexibility index (Phi) is 7.63. The summed E-state index contributed by atoms with van der Waals surface area (Å²) in [4.78, 5) is 45.9. The molecule has 1 aliphatic rings. The summed E-state index contributed by atoms with van der Waals surface area (Å²) in [7, 11) is 0. The fourth-order valence-corrected chi connectivity index (χ4v) is 5.66. The van der Waals surface area contributed by atoms with Gasteiger partial charge in [0.2, 0.25) is 5.91 Å². The number of phenolic OH excluding ortho intramolecular Hbond substituents is 1. The smallest absolute Gasteiger partial charge is 0.335 e. The number of halogens is 3. The van der Waals surface area contributed by atoms with Gasteiger partial charge < -0.3 is 15.0 Å². The summed E-state index contributed by atoms with van der Waals surface area (Å²) in [5, 5.41) is 11.8. The summed E-state index contributed by atoms with van der Waals surface area (Å²) in [6, 6.07) is 6.42. The molecule has 3 heterocycles. The summed E-state index contributed by atoms with van der Waals surface area (Å²) in [5.74, 6) is -3.09. The van der Waals surface area contributed by atoms with Gasteiger partial charge in [0, 0.05) is 24.8 Å². The van der Waals surface area contributed by atoms with Gasteiger partial charge in [0.25, 0.3) is 0 Å². The Morgan fingerprint density at radius 1 is 1.10 bits per heavy atom. The highest BCUT2D eigenvalue weighted by molar-refractivity contribution is 6.34. The first kappa shape index (κ1) is 29.0. The van der Waals surface area contributed by atoms with Crippen LogP contribution >= 0.6 is 11.6 Å². The van der Waals surface area contributed by atoms with Crippen LogP contribution in [0.15, 0.2) is 58.8 Å². The number of amides is 1. The first-order chi connectivity index (χ1) is 20.0. The molecule has 0 radical (unpaired) electrons. The van der Waals surface area contributed by atoms with E-state index in [1.807, 2.05) is 13.8 Å². The lowest BCUT2D eigenvalue weighted by Gasteiger charge is -2.37. The monoisotopic (exact) mass is 595 g/mol. The van der Waals surface area contributed by atoms with Crippen molar-refractivity contribution in [2.45, 2.75) is 26.7 Å². The Bertz CT molecular complexity index is 1860. The van der Waals surface area contributed by atoms with Gasteiger partial charge in [-0.1, -0.05) is 38.1 Å². The molecule has 42 heavy (non-hydrogen) atoms. The van der Waals surface area contributed by atoms with Crippen molar-refractivity contribution in [3.8, 4) is 22.6 Å². The SMILES string of the molecule is C=CC(=O)N1CCN(n2c(=O)c(=O)n(-c3c(C)ccnc3C(C)C)c3c(F)c(-c4c(O)cccc4F)c(Cl)cc32)CC1. The maximum atomic E-state index is 16.9. The van der Waals surface area contributed by atoms with Crippen molar-refractivity contribution < 1.29 is 18.7 Å². The van der Waals surface area contributed by atoms with Crippen LogP contribution in [-0.4, -0.2) is 56.3 Å². The Hall–Kier alpha value is -4.51. The number of fused-ring (bicyclic) bond motifs is 1. The van der Waals surface area contributed by atoms with Gasteiger partial charge in [0.1, 0.15) is 17.1 Å². The highest BCUT2D eigenvalue weighted by atomic mass is 35.5. The molecule has 0 spiro atoms. The second-order valence-electron chi connectivity index (χ2n) is 10.3. The largest absolute Gasteiger partial charge is 0.507 e. The van der Waals surface area contributed by atoms with E-state index < -0.39 is 39.6 Å². The van der Waals surface area contributed by atoms with Crippen molar-refractivity contribution in [1.29, 1.82) is 0 Å². The zero-order chi connectivity index (χ0) is 30.5. The van der Waals surface area contributed by atoms with E-state index in [0.29, 0.717) is 11.3 Å². The van der Waals surface area contributed by atoms with Crippen LogP contribution in [0.25, 0.3) is 27.8 Å². The molecule has 0 bridgehead atoms. The van der Waals surface area contributed by atoms with E-state index in [1.165, 1.54) is 24.3 Å². The zero-order valence-corrected chi connectivity index (χ0v) is 24.0. The molecule has 1 amide bonds. The minimum absolute atomic E-state index is 0.0527. The molecule has 0 saturated carbocycles. The molecule has 9 nitrogen and oxygen atoms in total. The molecule has 0 aliphatic carbocycles. The number of nitrogens with zero attached hydrogens (tertiary/aromatic N) is 5. The Labute approximate surface area is 244 Å². The molecule has 1 fully saturated rings. The van der Waals surface area contributed by atoms with Crippen LogP contribution in [-0.2, 0) is 4.79 Å². The Morgan fingerprint density at radius 3 is 2.40 bits per heavy atom. The molecule has 1 aliphatic heterocycles. The number of pyridine rings is 1. The average Bonchev–Trinajstić information content (AvgIpc) is 2.95. The van der Waals surface area contributed by atoms with Gasteiger partial charge in [-0.15, -0.1) is 0 Å². The van der Waals surface area contributed by atoms with Gasteiger partial charge in [-0.25, -0.2) is 13.5 Å². The maximum absolute atomic E-state index is 16.9. The lowest BCUT2D eigenvalue weighted by atomic mass is 10.0. The van der Waals surface area contributed by atoms with Crippen LogP contribution in [0.1, 0.15) is 31.0 Å². The van der Waals surface area contributed by atoms with Gasteiger partial charge >= 0.3 is 11.1 Å². The molecule has 5 rings (SSSR count). The predicted molar refractivity (Wildman–Crippen MR) is 157 cm³/mol. The second-order valence-corrected chi connectivity index (χ2v) is 10.7. The molecule has 218 valence electrons. The van der Waals surface area contributed by atoms with Crippen LogP contribution in [0.4, 0.5) is 8.78 Å². The highest BCUT2D eigenvalue weighted by Gasteiger charge is 2.30. The summed E-state index contributed by atoms with van der Waals surface area (Å²) in [6.45, 7) is 9.64. The molecule has 1 saturated heterocycles. The summed E-state index contributed by atoms with van der Waals surface area (Å²) >= 11 is 6.57. The third-order valence-electron chi connectivity index (χ3n) is 7.39. The number of aryl methyl sites for hydroxylation is 1. The van der Waals surface area contributed by atoms with Crippen molar-refractivity contribution in [1.82, 2.24) is 19.1 Å². The number of carbonyl (C=O) groups excluding carboxylic acids is 1. The fourth-order valence-electron chi connectivity index (χ4n) is 5.38. The van der Waals surface area contributed by atoms with Crippen LogP contribution in [0.3, 0.4) is 0 Å². The van der Waals surface area contributed by atoms with E-state index in [2.05, 4.69) is 11.6 Å². The van der Waals surface area contributed by atoms with E-state index in [-0.39, 0.29) is 59.7 Å². The normalized spacial score (nSPS) is 13.7. The second kappa shape index (κ2) is 11.1. The van der Waals surface area contributed by atoms with Crippen LogP contribution in [0.2, 0.25) is 5.02 Å². The average molecular weight is 596 g/mol. The van der Waals surface area contributed by atoms with Gasteiger partial charge in [-0.2, -0.15) is 0 Å². The minimum Gasteiger partial charge on any atom is -0.507 e. The van der Waals surface area contributed by atoms with Crippen molar-refractivity contribution in [3.63, 3.8) is 0 Å². The minimum atomic E-state index is -1.11. The lowest BCUT2D eigenvalue weighted by molar-refractivity contribution is -0.126. The van der Waals surface area contributed by atoms with E-state index in [4.69, 9.17) is 11.6 Å². The van der Waals surface area contributed by atoms with E-state index in [9.17, 15) is 19.5 Å². The molecule has 2 aromatic carbocycles. The predicted octanol–water partition coefficient (Wildman–Crippen LogP) is 4.25. The summed E-state index contributed by atoms with van der Waals surface area (Å²) < 4.78 is 34.0. The number of aromatic hydroxyl groups is 1. The van der Waals surface area contributed by atoms with Crippen molar-refractivity contribution in [2.24, 2.45) is 0 Å². The number of carbonyl (C=O) groups is 1. The fraction of sp³-hybridized carbons (Fsp3) is 0.267. The number of benzene rings is 2. The third-order valence-corrected chi connectivity index (χ3v) is 7.69. The number of piperazine rings is 1. The van der Waals surface area contributed by atoms with E-state index >= 15 is 8.78 Å². The Balaban J connectivity index is 1.91. The molecule has 4 aromatic rings. The number of aromatic nitrogens is 3. The van der Waals surface area contributed by atoms with Crippen LogP contribution in [0.5, 0.6) is 5.75 Å². The molecule has 1 N–H and O–H groups in total. The van der Waals surface area contributed by atoms with Gasteiger partial charge in [0.05, 0.1) is 40.6 Å². The molecule has 0 unspecified atom stereocenters.